The van der Waals surface area contributed by atoms with Gasteiger partial charge in [0.25, 0.3) is 0 Å². The smallest absolute Gasteiger partial charge is 0.243 e. The summed E-state index contributed by atoms with van der Waals surface area (Å²) in [6.45, 7) is 0.678. The molecule has 0 amide bonds. The van der Waals surface area contributed by atoms with Crippen molar-refractivity contribution in [2.24, 2.45) is 0 Å². The quantitative estimate of drug-likeness (QED) is 0.733. The molecule has 0 aliphatic carbocycles. The minimum atomic E-state index is -3.49. The molecule has 3 aromatic rings. The van der Waals surface area contributed by atoms with Crippen LogP contribution in [-0.4, -0.2) is 36.9 Å². The number of ether oxygens (including phenoxy) is 1. The molecule has 6 heteroatoms. The Labute approximate surface area is 140 Å². The second-order valence-corrected chi connectivity index (χ2v) is 7.68. The van der Waals surface area contributed by atoms with E-state index in [1.807, 2.05) is 42.5 Å². The summed E-state index contributed by atoms with van der Waals surface area (Å²) in [4.78, 5) is 4.41. The molecule has 4 rings (SSSR count). The van der Waals surface area contributed by atoms with Crippen molar-refractivity contribution in [3.63, 3.8) is 0 Å². The van der Waals surface area contributed by atoms with Gasteiger partial charge in [0, 0.05) is 12.3 Å². The van der Waals surface area contributed by atoms with Crippen LogP contribution >= 0.6 is 0 Å². The summed E-state index contributed by atoms with van der Waals surface area (Å²) < 4.78 is 32.5. The van der Waals surface area contributed by atoms with E-state index in [-0.39, 0.29) is 6.10 Å². The standard InChI is InChI=1S/C18H16N2O3S/c21-24(22,17-9-8-14-5-1-2-6-15(14)11-17)20-12-16(13-20)23-18-7-3-4-10-19-18/h1-11,16H,12-13H2. The summed E-state index contributed by atoms with van der Waals surface area (Å²) in [7, 11) is -3.49. The molecule has 0 bridgehead atoms. The van der Waals surface area contributed by atoms with Gasteiger partial charge in [0.1, 0.15) is 6.10 Å². The van der Waals surface area contributed by atoms with E-state index in [1.165, 1.54) is 4.31 Å². The Morgan fingerprint density at radius 2 is 1.71 bits per heavy atom. The molecule has 24 heavy (non-hydrogen) atoms. The van der Waals surface area contributed by atoms with E-state index in [1.54, 1.807) is 24.4 Å². The molecule has 0 unspecified atom stereocenters. The third-order valence-electron chi connectivity index (χ3n) is 4.10. The third kappa shape index (κ3) is 2.74. The van der Waals surface area contributed by atoms with E-state index < -0.39 is 10.0 Å². The summed E-state index contributed by atoms with van der Waals surface area (Å²) in [5.74, 6) is 0.519. The first kappa shape index (κ1) is 15.1. The van der Waals surface area contributed by atoms with Crippen LogP contribution in [0.15, 0.2) is 71.8 Å². The normalized spacial score (nSPS) is 16.0. The van der Waals surface area contributed by atoms with Crippen molar-refractivity contribution in [3.8, 4) is 5.88 Å². The van der Waals surface area contributed by atoms with Gasteiger partial charge in [-0.15, -0.1) is 0 Å². The lowest BCUT2D eigenvalue weighted by Crippen LogP contribution is -2.56. The molecule has 2 aromatic carbocycles. The summed E-state index contributed by atoms with van der Waals surface area (Å²) in [5, 5.41) is 1.94. The lowest BCUT2D eigenvalue weighted by Gasteiger charge is -2.37. The van der Waals surface area contributed by atoms with Gasteiger partial charge < -0.3 is 4.74 Å². The van der Waals surface area contributed by atoms with Gasteiger partial charge in [-0.25, -0.2) is 13.4 Å². The second kappa shape index (κ2) is 5.89. The minimum Gasteiger partial charge on any atom is -0.472 e. The zero-order chi connectivity index (χ0) is 16.6. The van der Waals surface area contributed by atoms with Crippen LogP contribution in [0, 0.1) is 0 Å². The monoisotopic (exact) mass is 340 g/mol. The van der Waals surface area contributed by atoms with Crippen LogP contribution in [-0.2, 0) is 10.0 Å². The maximum absolute atomic E-state index is 12.7. The number of aromatic nitrogens is 1. The Kier molecular flexibility index (Phi) is 3.70. The molecule has 1 aliphatic heterocycles. The van der Waals surface area contributed by atoms with Crippen molar-refractivity contribution >= 4 is 20.8 Å². The summed E-state index contributed by atoms with van der Waals surface area (Å²) in [5.41, 5.74) is 0. The van der Waals surface area contributed by atoms with Gasteiger partial charge in [-0.1, -0.05) is 36.4 Å². The van der Waals surface area contributed by atoms with Crippen molar-refractivity contribution in [2.45, 2.75) is 11.0 Å². The van der Waals surface area contributed by atoms with Crippen molar-refractivity contribution < 1.29 is 13.2 Å². The Morgan fingerprint density at radius 1 is 0.958 bits per heavy atom. The van der Waals surface area contributed by atoms with Crippen LogP contribution in [0.2, 0.25) is 0 Å². The largest absolute Gasteiger partial charge is 0.472 e. The number of benzene rings is 2. The number of hydrogen-bond acceptors (Lipinski definition) is 4. The average Bonchev–Trinajstić information content (AvgIpc) is 2.58. The Hall–Kier alpha value is -2.44. The third-order valence-corrected chi connectivity index (χ3v) is 5.93. The van der Waals surface area contributed by atoms with E-state index in [9.17, 15) is 8.42 Å². The van der Waals surface area contributed by atoms with Crippen LogP contribution in [0.3, 0.4) is 0 Å². The highest BCUT2D eigenvalue weighted by Crippen LogP contribution is 2.26. The Balaban J connectivity index is 1.49. The predicted octanol–water partition coefficient (Wildman–Crippen LogP) is 2.69. The first-order valence-corrected chi connectivity index (χ1v) is 9.13. The van der Waals surface area contributed by atoms with Gasteiger partial charge >= 0.3 is 0 Å². The molecule has 1 aromatic heterocycles. The fourth-order valence-electron chi connectivity index (χ4n) is 2.74. The van der Waals surface area contributed by atoms with E-state index in [0.29, 0.717) is 23.9 Å². The molecule has 5 nitrogen and oxygen atoms in total. The topological polar surface area (TPSA) is 59.5 Å². The molecule has 0 saturated carbocycles. The van der Waals surface area contributed by atoms with Crippen LogP contribution in [0.1, 0.15) is 0 Å². The van der Waals surface area contributed by atoms with Crippen molar-refractivity contribution in [3.05, 3.63) is 66.9 Å². The second-order valence-electron chi connectivity index (χ2n) is 5.74. The number of nitrogens with zero attached hydrogens (tertiary/aromatic N) is 2. The molecular formula is C18H16N2O3S. The average molecular weight is 340 g/mol. The molecule has 0 N–H and O–H groups in total. The summed E-state index contributed by atoms with van der Waals surface area (Å²) in [6.07, 6.45) is 1.49. The number of rotatable bonds is 4. The van der Waals surface area contributed by atoms with Crippen molar-refractivity contribution in [2.75, 3.05) is 13.1 Å². The molecule has 0 radical (unpaired) electrons. The Bertz CT molecular complexity index is 968. The van der Waals surface area contributed by atoms with E-state index in [0.717, 1.165) is 10.8 Å². The highest BCUT2D eigenvalue weighted by molar-refractivity contribution is 7.89. The lowest BCUT2D eigenvalue weighted by molar-refractivity contribution is 0.0721. The molecule has 1 saturated heterocycles. The van der Waals surface area contributed by atoms with E-state index in [4.69, 9.17) is 4.74 Å². The number of fused-ring (bicyclic) bond motifs is 1. The fourth-order valence-corrected chi connectivity index (χ4v) is 4.28. The van der Waals surface area contributed by atoms with E-state index in [2.05, 4.69) is 4.98 Å². The van der Waals surface area contributed by atoms with Gasteiger partial charge in [-0.3, -0.25) is 0 Å². The van der Waals surface area contributed by atoms with Gasteiger partial charge in [-0.05, 0) is 29.0 Å². The number of sulfonamides is 1. The molecule has 1 aliphatic rings. The SMILES string of the molecule is O=S(=O)(c1ccc2ccccc2c1)N1CC(Oc2ccccn2)C1. The van der Waals surface area contributed by atoms with Gasteiger partial charge in [-0.2, -0.15) is 4.31 Å². The van der Waals surface area contributed by atoms with Gasteiger partial charge in [0.15, 0.2) is 0 Å². The number of pyridine rings is 1. The van der Waals surface area contributed by atoms with Crippen LogP contribution in [0.25, 0.3) is 10.8 Å². The highest BCUT2D eigenvalue weighted by atomic mass is 32.2. The first-order chi connectivity index (χ1) is 11.6. The zero-order valence-electron chi connectivity index (χ0n) is 12.9. The maximum atomic E-state index is 12.7. The Morgan fingerprint density at radius 3 is 2.46 bits per heavy atom. The van der Waals surface area contributed by atoms with Crippen LogP contribution in [0.4, 0.5) is 0 Å². The highest BCUT2D eigenvalue weighted by Gasteiger charge is 2.38. The molecule has 0 atom stereocenters. The van der Waals surface area contributed by atoms with Crippen LogP contribution in [0.5, 0.6) is 5.88 Å². The van der Waals surface area contributed by atoms with Crippen molar-refractivity contribution in [1.29, 1.82) is 0 Å². The summed E-state index contributed by atoms with van der Waals surface area (Å²) >= 11 is 0. The fraction of sp³-hybridized carbons (Fsp3) is 0.167. The molecule has 1 fully saturated rings. The molecular weight excluding hydrogens is 324 g/mol. The van der Waals surface area contributed by atoms with E-state index >= 15 is 0 Å². The van der Waals surface area contributed by atoms with Crippen LogP contribution < -0.4 is 4.74 Å². The zero-order valence-corrected chi connectivity index (χ0v) is 13.7. The van der Waals surface area contributed by atoms with Gasteiger partial charge in [0.05, 0.1) is 18.0 Å². The van der Waals surface area contributed by atoms with Gasteiger partial charge in [0.2, 0.25) is 15.9 Å². The predicted molar refractivity (Wildman–Crippen MR) is 91.4 cm³/mol. The number of hydrogen-bond donors (Lipinski definition) is 0. The van der Waals surface area contributed by atoms with Crippen molar-refractivity contribution in [1.82, 2.24) is 9.29 Å². The molecule has 0 spiro atoms. The maximum Gasteiger partial charge on any atom is 0.243 e. The summed E-state index contributed by atoms with van der Waals surface area (Å²) in [6, 6.07) is 18.3. The molecule has 122 valence electrons. The molecule has 2 heterocycles. The lowest BCUT2D eigenvalue weighted by atomic mass is 10.1. The first-order valence-electron chi connectivity index (χ1n) is 7.69. The minimum absolute atomic E-state index is 0.157.